The highest BCUT2D eigenvalue weighted by Crippen LogP contribution is 1.99. The molecule has 6 heteroatoms. The molecule has 0 aliphatic carbocycles. The van der Waals surface area contributed by atoms with E-state index in [0.29, 0.717) is 26.4 Å². The summed E-state index contributed by atoms with van der Waals surface area (Å²) in [7, 11) is 0. The third-order valence-corrected chi connectivity index (χ3v) is 2.09. The fraction of sp³-hybridized carbons (Fsp3) is 0.833. The number of ether oxygens (including phenoxy) is 3. The minimum absolute atomic E-state index is 0.0290. The second-order valence-corrected chi connectivity index (χ2v) is 3.46. The van der Waals surface area contributed by atoms with Crippen molar-refractivity contribution in [3.63, 3.8) is 0 Å². The molecule has 1 unspecified atom stereocenters. The van der Waals surface area contributed by atoms with E-state index in [1.807, 2.05) is 6.92 Å². The molecule has 0 aromatic heterocycles. The van der Waals surface area contributed by atoms with Crippen LogP contribution in [0.15, 0.2) is 0 Å². The van der Waals surface area contributed by atoms with Gasteiger partial charge in [0.25, 0.3) is 0 Å². The molecule has 0 heterocycles. The van der Waals surface area contributed by atoms with Crippen LogP contribution in [-0.4, -0.2) is 51.0 Å². The quantitative estimate of drug-likeness (QED) is 0.456. The fourth-order valence-corrected chi connectivity index (χ4v) is 1.32. The molecular formula is C12H23NO5. The lowest BCUT2D eigenvalue weighted by molar-refractivity contribution is -0.152. The number of esters is 2. The van der Waals surface area contributed by atoms with E-state index in [1.54, 1.807) is 13.8 Å². The molecule has 0 rings (SSSR count). The Morgan fingerprint density at radius 1 is 1.06 bits per heavy atom. The molecule has 0 aliphatic rings. The number of hydrogen-bond acceptors (Lipinski definition) is 6. The van der Waals surface area contributed by atoms with Crippen molar-refractivity contribution in [3.8, 4) is 0 Å². The van der Waals surface area contributed by atoms with Crippen molar-refractivity contribution in [1.29, 1.82) is 0 Å². The minimum Gasteiger partial charge on any atom is -0.466 e. The van der Waals surface area contributed by atoms with Gasteiger partial charge in [-0.05, 0) is 20.8 Å². The molecule has 0 radical (unpaired) electrons. The number of nitrogens with one attached hydrogen (secondary N) is 1. The molecule has 0 bridgehead atoms. The molecule has 0 amide bonds. The summed E-state index contributed by atoms with van der Waals surface area (Å²) in [6, 6.07) is -0.676. The van der Waals surface area contributed by atoms with Gasteiger partial charge in [0.05, 0.1) is 26.2 Å². The first-order valence-electron chi connectivity index (χ1n) is 6.29. The summed E-state index contributed by atoms with van der Waals surface area (Å²) in [6.07, 6.45) is -0.0290. The van der Waals surface area contributed by atoms with Crippen molar-refractivity contribution in [2.24, 2.45) is 0 Å². The number of carbonyl (C=O) groups excluding carboxylic acids is 2. The second kappa shape index (κ2) is 11.0. The van der Waals surface area contributed by atoms with Crippen molar-refractivity contribution in [1.82, 2.24) is 5.32 Å². The molecule has 1 atom stereocenters. The zero-order chi connectivity index (χ0) is 13.8. The summed E-state index contributed by atoms with van der Waals surface area (Å²) in [6.45, 7) is 7.49. The normalized spacial score (nSPS) is 11.9. The van der Waals surface area contributed by atoms with Gasteiger partial charge >= 0.3 is 11.9 Å². The van der Waals surface area contributed by atoms with Crippen LogP contribution in [0.5, 0.6) is 0 Å². The van der Waals surface area contributed by atoms with Gasteiger partial charge in [-0.3, -0.25) is 9.59 Å². The average Bonchev–Trinajstić information content (AvgIpc) is 2.33. The van der Waals surface area contributed by atoms with Crippen LogP contribution >= 0.6 is 0 Å². The van der Waals surface area contributed by atoms with E-state index in [1.165, 1.54) is 0 Å². The molecule has 0 saturated heterocycles. The van der Waals surface area contributed by atoms with Gasteiger partial charge in [-0.15, -0.1) is 0 Å². The first kappa shape index (κ1) is 16.9. The standard InChI is InChI=1S/C12H23NO5/c1-4-16-8-7-13-10(12(15)18-6-3)9-11(14)17-5-2/h10,13H,4-9H2,1-3H3. The number of hydrogen-bond donors (Lipinski definition) is 1. The van der Waals surface area contributed by atoms with Gasteiger partial charge < -0.3 is 19.5 Å². The topological polar surface area (TPSA) is 73.9 Å². The van der Waals surface area contributed by atoms with Crippen LogP contribution in [-0.2, 0) is 23.8 Å². The maximum Gasteiger partial charge on any atom is 0.323 e. The summed E-state index contributed by atoms with van der Waals surface area (Å²) < 4.78 is 14.8. The van der Waals surface area contributed by atoms with Gasteiger partial charge in [0.1, 0.15) is 6.04 Å². The smallest absolute Gasteiger partial charge is 0.323 e. The predicted octanol–water partition coefficient (Wildman–Crippen LogP) is 0.497. The minimum atomic E-state index is -0.676. The Balaban J connectivity index is 4.15. The van der Waals surface area contributed by atoms with Crippen LogP contribution in [0, 0.1) is 0 Å². The Hall–Kier alpha value is -1.14. The molecule has 0 saturated carbocycles. The van der Waals surface area contributed by atoms with E-state index in [4.69, 9.17) is 14.2 Å². The van der Waals surface area contributed by atoms with Gasteiger partial charge in [-0.1, -0.05) is 0 Å². The van der Waals surface area contributed by atoms with Gasteiger partial charge in [0, 0.05) is 13.2 Å². The van der Waals surface area contributed by atoms with Gasteiger partial charge in [0.15, 0.2) is 0 Å². The third kappa shape index (κ3) is 8.03. The molecule has 0 aromatic carbocycles. The van der Waals surface area contributed by atoms with Crippen molar-refractivity contribution in [3.05, 3.63) is 0 Å². The second-order valence-electron chi connectivity index (χ2n) is 3.46. The van der Waals surface area contributed by atoms with Crippen molar-refractivity contribution in [2.45, 2.75) is 33.2 Å². The van der Waals surface area contributed by atoms with E-state index in [-0.39, 0.29) is 13.0 Å². The molecule has 0 spiro atoms. The van der Waals surface area contributed by atoms with Crippen molar-refractivity contribution >= 4 is 11.9 Å². The van der Waals surface area contributed by atoms with Gasteiger partial charge in [-0.2, -0.15) is 0 Å². The average molecular weight is 261 g/mol. The van der Waals surface area contributed by atoms with E-state index in [9.17, 15) is 9.59 Å². The molecule has 1 N–H and O–H groups in total. The van der Waals surface area contributed by atoms with Gasteiger partial charge in [0.2, 0.25) is 0 Å². The molecule has 0 aromatic rings. The predicted molar refractivity (Wildman–Crippen MR) is 66.2 cm³/mol. The van der Waals surface area contributed by atoms with Crippen LogP contribution in [0.2, 0.25) is 0 Å². The number of carbonyl (C=O) groups is 2. The van der Waals surface area contributed by atoms with Crippen LogP contribution in [0.25, 0.3) is 0 Å². The Labute approximate surface area is 108 Å². The summed E-state index contributed by atoms with van der Waals surface area (Å²) >= 11 is 0. The fourth-order valence-electron chi connectivity index (χ4n) is 1.32. The van der Waals surface area contributed by atoms with Crippen molar-refractivity contribution in [2.75, 3.05) is 33.0 Å². The van der Waals surface area contributed by atoms with Crippen molar-refractivity contribution < 1.29 is 23.8 Å². The maximum atomic E-state index is 11.6. The van der Waals surface area contributed by atoms with E-state index >= 15 is 0 Å². The summed E-state index contributed by atoms with van der Waals surface area (Å²) in [5.41, 5.74) is 0. The Morgan fingerprint density at radius 3 is 2.28 bits per heavy atom. The highest BCUT2D eigenvalue weighted by molar-refractivity contribution is 5.82. The Bertz CT molecular complexity index is 245. The lowest BCUT2D eigenvalue weighted by Gasteiger charge is -2.16. The first-order chi connectivity index (χ1) is 8.65. The lowest BCUT2D eigenvalue weighted by Crippen LogP contribution is -2.41. The van der Waals surface area contributed by atoms with E-state index in [0.717, 1.165) is 0 Å². The Morgan fingerprint density at radius 2 is 1.72 bits per heavy atom. The molecule has 106 valence electrons. The van der Waals surface area contributed by atoms with E-state index in [2.05, 4.69) is 5.32 Å². The Kier molecular flexibility index (Phi) is 10.3. The van der Waals surface area contributed by atoms with Crippen LogP contribution in [0.4, 0.5) is 0 Å². The molecule has 0 aliphatic heterocycles. The lowest BCUT2D eigenvalue weighted by atomic mass is 10.2. The molecular weight excluding hydrogens is 238 g/mol. The highest BCUT2D eigenvalue weighted by Gasteiger charge is 2.23. The van der Waals surface area contributed by atoms with Crippen LogP contribution in [0.1, 0.15) is 27.2 Å². The SMILES string of the molecule is CCOCCNC(CC(=O)OCC)C(=O)OCC. The third-order valence-electron chi connectivity index (χ3n) is 2.09. The monoisotopic (exact) mass is 261 g/mol. The van der Waals surface area contributed by atoms with E-state index < -0.39 is 18.0 Å². The van der Waals surface area contributed by atoms with Gasteiger partial charge in [-0.25, -0.2) is 0 Å². The largest absolute Gasteiger partial charge is 0.466 e. The summed E-state index contributed by atoms with van der Waals surface area (Å²) in [5.74, 6) is -0.860. The number of rotatable bonds is 10. The summed E-state index contributed by atoms with van der Waals surface area (Å²) in [4.78, 5) is 23.0. The molecule has 0 fully saturated rings. The zero-order valence-corrected chi connectivity index (χ0v) is 11.4. The summed E-state index contributed by atoms with van der Waals surface area (Å²) in [5, 5.41) is 2.93. The van der Waals surface area contributed by atoms with Crippen LogP contribution in [0.3, 0.4) is 0 Å². The zero-order valence-electron chi connectivity index (χ0n) is 11.4. The molecule has 18 heavy (non-hydrogen) atoms. The maximum absolute atomic E-state index is 11.6. The first-order valence-corrected chi connectivity index (χ1v) is 6.29. The molecule has 6 nitrogen and oxygen atoms in total. The van der Waals surface area contributed by atoms with Crippen LogP contribution < -0.4 is 5.32 Å². The highest BCUT2D eigenvalue weighted by atomic mass is 16.5.